The van der Waals surface area contributed by atoms with E-state index in [-0.39, 0.29) is 12.0 Å². The summed E-state index contributed by atoms with van der Waals surface area (Å²) in [6.45, 7) is 0. The zero-order chi connectivity index (χ0) is 17.8. The molecule has 3 rings (SSSR count). The van der Waals surface area contributed by atoms with E-state index in [1.54, 1.807) is 0 Å². The fourth-order valence-corrected chi connectivity index (χ4v) is 3.40. The molecule has 0 amide bonds. The molecule has 0 atom stereocenters. The predicted octanol–water partition coefficient (Wildman–Crippen LogP) is 2.98. The Morgan fingerprint density at radius 3 is 2.88 bits per heavy atom. The van der Waals surface area contributed by atoms with Crippen molar-refractivity contribution in [3.05, 3.63) is 63.2 Å². The Morgan fingerprint density at radius 2 is 2.08 bits per heavy atom. The zero-order valence-electron chi connectivity index (χ0n) is 13.3. The van der Waals surface area contributed by atoms with Crippen LogP contribution in [0.4, 0.5) is 0 Å². The number of hydrogen-bond acceptors (Lipinski definition) is 6. The van der Waals surface area contributed by atoms with E-state index in [1.165, 1.54) is 24.9 Å². The summed E-state index contributed by atoms with van der Waals surface area (Å²) < 4.78 is 4.60. The van der Waals surface area contributed by atoms with E-state index in [9.17, 15) is 9.59 Å². The fourth-order valence-electron chi connectivity index (χ4n) is 2.25. The second-order valence-electron chi connectivity index (χ2n) is 5.21. The standard InChI is InChI=1S/C17H14ClN3O3S/c1-24-15(23)8-12-7-14(22)21-17(19-12)25-9-11-6-10-4-2-3-5-13(10)20-16(11)18/h2-7H,8-9H2,1H3,(H,19,21,22). The van der Waals surface area contributed by atoms with E-state index in [0.29, 0.717) is 21.8 Å². The number of rotatable bonds is 5. The molecule has 1 N–H and O–H groups in total. The van der Waals surface area contributed by atoms with Gasteiger partial charge in [0, 0.05) is 22.8 Å². The summed E-state index contributed by atoms with van der Waals surface area (Å²) in [5.74, 6) is 0.0391. The summed E-state index contributed by atoms with van der Waals surface area (Å²) in [6, 6.07) is 10.9. The van der Waals surface area contributed by atoms with E-state index in [4.69, 9.17) is 11.6 Å². The first-order chi connectivity index (χ1) is 12.0. The highest BCUT2D eigenvalue weighted by atomic mass is 35.5. The van der Waals surface area contributed by atoms with Gasteiger partial charge in [-0.3, -0.25) is 9.59 Å². The highest BCUT2D eigenvalue weighted by molar-refractivity contribution is 7.98. The van der Waals surface area contributed by atoms with Gasteiger partial charge in [-0.15, -0.1) is 0 Å². The number of nitrogens with one attached hydrogen (secondary N) is 1. The number of aromatic amines is 1. The lowest BCUT2D eigenvalue weighted by atomic mass is 10.2. The summed E-state index contributed by atoms with van der Waals surface area (Å²) in [6.07, 6.45) is -0.0493. The monoisotopic (exact) mass is 375 g/mol. The summed E-state index contributed by atoms with van der Waals surface area (Å²) in [4.78, 5) is 34.4. The number of fused-ring (bicyclic) bond motifs is 1. The second-order valence-corrected chi connectivity index (χ2v) is 6.54. The number of benzene rings is 1. The third-order valence-corrected chi connectivity index (χ3v) is 4.69. The summed E-state index contributed by atoms with van der Waals surface area (Å²) in [5.41, 5.74) is 1.71. The van der Waals surface area contributed by atoms with Crippen LogP contribution in [-0.2, 0) is 21.7 Å². The van der Waals surface area contributed by atoms with E-state index < -0.39 is 5.97 Å². The molecule has 0 saturated heterocycles. The third-order valence-electron chi connectivity index (χ3n) is 3.44. The predicted molar refractivity (Wildman–Crippen MR) is 96.9 cm³/mol. The number of H-pyrrole nitrogens is 1. The Morgan fingerprint density at radius 1 is 1.28 bits per heavy atom. The number of hydrogen-bond donors (Lipinski definition) is 1. The van der Waals surface area contributed by atoms with Gasteiger partial charge in [-0.2, -0.15) is 0 Å². The van der Waals surface area contributed by atoms with Gasteiger partial charge in [0.2, 0.25) is 0 Å². The minimum atomic E-state index is -0.448. The number of thioether (sulfide) groups is 1. The zero-order valence-corrected chi connectivity index (χ0v) is 14.9. The molecule has 2 heterocycles. The Labute approximate surface area is 152 Å². The van der Waals surface area contributed by atoms with Crippen molar-refractivity contribution in [1.29, 1.82) is 0 Å². The molecule has 0 bridgehead atoms. The van der Waals surface area contributed by atoms with E-state index in [2.05, 4.69) is 19.7 Å². The van der Waals surface area contributed by atoms with Crippen molar-refractivity contribution in [2.75, 3.05) is 7.11 Å². The van der Waals surface area contributed by atoms with Gasteiger partial charge < -0.3 is 9.72 Å². The maximum absolute atomic E-state index is 11.7. The first-order valence-electron chi connectivity index (χ1n) is 7.39. The van der Waals surface area contributed by atoms with E-state index >= 15 is 0 Å². The molecule has 6 nitrogen and oxygen atoms in total. The first kappa shape index (κ1) is 17.4. The number of nitrogens with zero attached hydrogens (tertiary/aromatic N) is 2. The highest BCUT2D eigenvalue weighted by Crippen LogP contribution is 2.26. The van der Waals surface area contributed by atoms with Crippen LogP contribution in [-0.4, -0.2) is 28.0 Å². The Balaban J connectivity index is 1.80. The molecule has 1 aromatic carbocycles. The van der Waals surface area contributed by atoms with Crippen molar-refractivity contribution in [3.8, 4) is 0 Å². The minimum Gasteiger partial charge on any atom is -0.469 e. The second kappa shape index (κ2) is 7.67. The molecule has 2 aromatic heterocycles. The Hall–Kier alpha value is -2.38. The quantitative estimate of drug-likeness (QED) is 0.319. The molecule has 8 heteroatoms. The van der Waals surface area contributed by atoms with Crippen LogP contribution in [0.1, 0.15) is 11.3 Å². The van der Waals surface area contributed by atoms with Crippen LogP contribution >= 0.6 is 23.4 Å². The molecule has 0 radical (unpaired) electrons. The van der Waals surface area contributed by atoms with Crippen LogP contribution in [0.2, 0.25) is 5.15 Å². The number of pyridine rings is 1. The number of halogens is 1. The van der Waals surface area contributed by atoms with Crippen molar-refractivity contribution in [3.63, 3.8) is 0 Å². The molecule has 3 aromatic rings. The largest absolute Gasteiger partial charge is 0.469 e. The van der Waals surface area contributed by atoms with Gasteiger partial charge in [0.1, 0.15) is 5.15 Å². The number of aromatic nitrogens is 3. The molecular weight excluding hydrogens is 362 g/mol. The Bertz CT molecular complexity index is 990. The van der Waals surface area contributed by atoms with Crippen LogP contribution in [0, 0.1) is 0 Å². The Kier molecular flexibility index (Phi) is 5.35. The molecule has 0 aliphatic rings. The van der Waals surface area contributed by atoms with Crippen molar-refractivity contribution in [1.82, 2.24) is 15.0 Å². The molecule has 0 unspecified atom stereocenters. The number of carbonyl (C=O) groups is 1. The molecule has 0 saturated carbocycles. The number of esters is 1. The summed E-state index contributed by atoms with van der Waals surface area (Å²) in [7, 11) is 1.29. The molecule has 0 aliphatic carbocycles. The lowest BCUT2D eigenvalue weighted by Gasteiger charge is -2.06. The lowest BCUT2D eigenvalue weighted by Crippen LogP contribution is -2.13. The van der Waals surface area contributed by atoms with Crippen molar-refractivity contribution in [2.24, 2.45) is 0 Å². The van der Waals surface area contributed by atoms with Gasteiger partial charge in [0.25, 0.3) is 5.56 Å². The molecule has 0 fully saturated rings. The molecule has 0 spiro atoms. The number of ether oxygens (including phenoxy) is 1. The lowest BCUT2D eigenvalue weighted by molar-refractivity contribution is -0.139. The van der Waals surface area contributed by atoms with Crippen LogP contribution in [0.25, 0.3) is 10.9 Å². The molecule has 25 heavy (non-hydrogen) atoms. The van der Waals surface area contributed by atoms with Gasteiger partial charge in [-0.25, -0.2) is 9.97 Å². The summed E-state index contributed by atoms with van der Waals surface area (Å²) >= 11 is 7.56. The molecular formula is C17H14ClN3O3S. The number of para-hydroxylation sites is 1. The fraction of sp³-hybridized carbons (Fsp3) is 0.176. The van der Waals surface area contributed by atoms with Gasteiger partial charge in [-0.1, -0.05) is 41.6 Å². The van der Waals surface area contributed by atoms with Crippen LogP contribution in [0.15, 0.2) is 46.3 Å². The van der Waals surface area contributed by atoms with Crippen LogP contribution < -0.4 is 5.56 Å². The highest BCUT2D eigenvalue weighted by Gasteiger charge is 2.10. The topological polar surface area (TPSA) is 84.9 Å². The van der Waals surface area contributed by atoms with E-state index in [1.807, 2.05) is 30.3 Å². The van der Waals surface area contributed by atoms with Gasteiger partial charge in [0.15, 0.2) is 5.16 Å². The van der Waals surface area contributed by atoms with Crippen LogP contribution in [0.5, 0.6) is 0 Å². The van der Waals surface area contributed by atoms with Crippen LogP contribution in [0.3, 0.4) is 0 Å². The average Bonchev–Trinajstić information content (AvgIpc) is 2.59. The van der Waals surface area contributed by atoms with Gasteiger partial charge >= 0.3 is 5.97 Å². The minimum absolute atomic E-state index is 0.0493. The molecule has 128 valence electrons. The van der Waals surface area contributed by atoms with Crippen molar-refractivity contribution in [2.45, 2.75) is 17.3 Å². The molecule has 0 aliphatic heterocycles. The average molecular weight is 376 g/mol. The van der Waals surface area contributed by atoms with Crippen molar-refractivity contribution >= 4 is 40.2 Å². The maximum atomic E-state index is 11.7. The van der Waals surface area contributed by atoms with Crippen molar-refractivity contribution < 1.29 is 9.53 Å². The van der Waals surface area contributed by atoms with Gasteiger partial charge in [0.05, 0.1) is 24.7 Å². The normalized spacial score (nSPS) is 10.8. The summed E-state index contributed by atoms with van der Waals surface area (Å²) in [5, 5.41) is 1.82. The number of methoxy groups -OCH3 is 1. The first-order valence-corrected chi connectivity index (χ1v) is 8.75. The number of carbonyl (C=O) groups excluding carboxylic acids is 1. The SMILES string of the molecule is COC(=O)Cc1cc(=O)[nH]c(SCc2cc3ccccc3nc2Cl)n1. The van der Waals surface area contributed by atoms with Gasteiger partial charge in [-0.05, 0) is 12.1 Å². The van der Waals surface area contributed by atoms with E-state index in [0.717, 1.165) is 16.5 Å². The maximum Gasteiger partial charge on any atom is 0.311 e. The smallest absolute Gasteiger partial charge is 0.311 e. The third kappa shape index (κ3) is 4.37.